The van der Waals surface area contributed by atoms with Crippen molar-refractivity contribution in [1.29, 1.82) is 0 Å². The third-order valence-corrected chi connectivity index (χ3v) is 2.82. The molecule has 1 heterocycles. The summed E-state index contributed by atoms with van der Waals surface area (Å²) in [6.07, 6.45) is 0. The summed E-state index contributed by atoms with van der Waals surface area (Å²) in [5, 5.41) is 19.1. The summed E-state index contributed by atoms with van der Waals surface area (Å²) in [5.41, 5.74) is 1.66. The Kier molecular flexibility index (Phi) is 4.31. The van der Waals surface area contributed by atoms with Crippen molar-refractivity contribution >= 4 is 5.91 Å². The number of nitrogens with one attached hydrogen (secondary N) is 1. The molecule has 106 valence electrons. The highest BCUT2D eigenvalue weighted by atomic mass is 16.5. The summed E-state index contributed by atoms with van der Waals surface area (Å²) < 4.78 is 6.67. The van der Waals surface area contributed by atoms with Gasteiger partial charge in [0.1, 0.15) is 5.75 Å². The highest BCUT2D eigenvalue weighted by molar-refractivity contribution is 5.93. The largest absolute Gasteiger partial charge is 0.497 e. The molecule has 0 saturated carbocycles. The minimum atomic E-state index is -0.351. The molecule has 2 aromatic rings. The SMILES string of the molecule is COc1ccc(-n2nnc(C(=O)NCCO)c2C)cc1. The lowest BCUT2D eigenvalue weighted by Gasteiger charge is -2.05. The average Bonchev–Trinajstić information content (AvgIpc) is 2.86. The van der Waals surface area contributed by atoms with Crippen LogP contribution in [0.15, 0.2) is 24.3 Å². The van der Waals surface area contributed by atoms with E-state index >= 15 is 0 Å². The Morgan fingerprint density at radius 3 is 2.70 bits per heavy atom. The van der Waals surface area contributed by atoms with Gasteiger partial charge in [-0.2, -0.15) is 0 Å². The van der Waals surface area contributed by atoms with Crippen molar-refractivity contribution in [3.8, 4) is 11.4 Å². The van der Waals surface area contributed by atoms with Crippen molar-refractivity contribution in [3.05, 3.63) is 35.7 Å². The number of hydrogen-bond donors (Lipinski definition) is 2. The maximum atomic E-state index is 11.8. The van der Waals surface area contributed by atoms with Gasteiger partial charge in [0.15, 0.2) is 5.69 Å². The number of amides is 1. The van der Waals surface area contributed by atoms with Gasteiger partial charge in [0.25, 0.3) is 5.91 Å². The van der Waals surface area contributed by atoms with Crippen LogP contribution >= 0.6 is 0 Å². The second-order valence-electron chi connectivity index (χ2n) is 4.11. The standard InChI is InChI=1S/C13H16N4O3/c1-9-12(13(19)14-7-8-18)15-16-17(9)10-3-5-11(20-2)6-4-10/h3-6,18H,7-8H2,1-2H3,(H,14,19). The first kappa shape index (κ1) is 14.0. The fraction of sp³-hybridized carbons (Fsp3) is 0.308. The summed E-state index contributed by atoms with van der Waals surface area (Å²) in [6.45, 7) is 1.84. The van der Waals surface area contributed by atoms with E-state index < -0.39 is 0 Å². The smallest absolute Gasteiger partial charge is 0.273 e. The molecule has 0 aliphatic carbocycles. The molecule has 2 N–H and O–H groups in total. The zero-order valence-electron chi connectivity index (χ0n) is 11.3. The van der Waals surface area contributed by atoms with Crippen LogP contribution < -0.4 is 10.1 Å². The number of rotatable bonds is 5. The van der Waals surface area contributed by atoms with E-state index in [2.05, 4.69) is 15.6 Å². The Morgan fingerprint density at radius 1 is 1.40 bits per heavy atom. The van der Waals surface area contributed by atoms with E-state index in [1.165, 1.54) is 0 Å². The number of ether oxygens (including phenoxy) is 1. The fourth-order valence-electron chi connectivity index (χ4n) is 1.76. The molecule has 7 heteroatoms. The number of carbonyl (C=O) groups excluding carboxylic acids is 1. The Bertz CT molecular complexity index is 592. The van der Waals surface area contributed by atoms with Crippen LogP contribution in [0.2, 0.25) is 0 Å². The second-order valence-corrected chi connectivity index (χ2v) is 4.11. The second kappa shape index (κ2) is 6.16. The molecule has 0 saturated heterocycles. The van der Waals surface area contributed by atoms with Gasteiger partial charge in [0, 0.05) is 6.54 Å². The number of aromatic nitrogens is 3. The van der Waals surface area contributed by atoms with Crippen LogP contribution in [0.4, 0.5) is 0 Å². The van der Waals surface area contributed by atoms with Crippen LogP contribution in [0.1, 0.15) is 16.2 Å². The van der Waals surface area contributed by atoms with Crippen molar-refractivity contribution in [2.45, 2.75) is 6.92 Å². The number of methoxy groups -OCH3 is 1. The monoisotopic (exact) mass is 276 g/mol. The van der Waals surface area contributed by atoms with E-state index in [1.54, 1.807) is 18.7 Å². The van der Waals surface area contributed by atoms with Gasteiger partial charge in [0.2, 0.25) is 0 Å². The van der Waals surface area contributed by atoms with E-state index in [4.69, 9.17) is 9.84 Å². The van der Waals surface area contributed by atoms with Gasteiger partial charge in [-0.1, -0.05) is 5.21 Å². The van der Waals surface area contributed by atoms with Crippen LogP contribution in [-0.4, -0.2) is 46.3 Å². The minimum Gasteiger partial charge on any atom is -0.497 e. The molecule has 0 aliphatic rings. The predicted octanol–water partition coefficient (Wildman–Crippen LogP) is 0.306. The molecular formula is C13H16N4O3. The molecular weight excluding hydrogens is 260 g/mol. The van der Waals surface area contributed by atoms with Crippen molar-refractivity contribution < 1.29 is 14.6 Å². The summed E-state index contributed by atoms with van der Waals surface area (Å²) in [6, 6.07) is 7.27. The molecule has 0 spiro atoms. The predicted molar refractivity (Wildman–Crippen MR) is 72.1 cm³/mol. The Morgan fingerprint density at radius 2 is 2.10 bits per heavy atom. The fourth-order valence-corrected chi connectivity index (χ4v) is 1.76. The van der Waals surface area contributed by atoms with E-state index in [1.807, 2.05) is 24.3 Å². The van der Waals surface area contributed by atoms with E-state index in [9.17, 15) is 4.79 Å². The van der Waals surface area contributed by atoms with Crippen molar-refractivity contribution in [2.24, 2.45) is 0 Å². The Labute approximate surface area is 116 Å². The summed E-state index contributed by atoms with van der Waals surface area (Å²) in [4.78, 5) is 11.8. The molecule has 1 aromatic carbocycles. The maximum absolute atomic E-state index is 11.8. The highest BCUT2D eigenvalue weighted by Gasteiger charge is 2.16. The zero-order valence-corrected chi connectivity index (χ0v) is 11.3. The molecule has 0 aliphatic heterocycles. The molecule has 0 fully saturated rings. The summed E-state index contributed by atoms with van der Waals surface area (Å²) in [7, 11) is 1.60. The van der Waals surface area contributed by atoms with Gasteiger partial charge < -0.3 is 15.2 Å². The van der Waals surface area contributed by atoms with Gasteiger partial charge in [-0.05, 0) is 31.2 Å². The molecule has 1 amide bonds. The number of aliphatic hydroxyl groups is 1. The molecule has 7 nitrogen and oxygen atoms in total. The van der Waals surface area contributed by atoms with E-state index in [0.29, 0.717) is 5.69 Å². The first-order valence-corrected chi connectivity index (χ1v) is 6.13. The third kappa shape index (κ3) is 2.77. The van der Waals surface area contributed by atoms with Crippen LogP contribution in [0.3, 0.4) is 0 Å². The van der Waals surface area contributed by atoms with Gasteiger partial charge in [-0.15, -0.1) is 5.10 Å². The molecule has 0 bridgehead atoms. The van der Waals surface area contributed by atoms with Gasteiger partial charge in [-0.25, -0.2) is 4.68 Å². The molecule has 1 aromatic heterocycles. The molecule has 0 unspecified atom stereocenters. The Hall–Kier alpha value is -2.41. The van der Waals surface area contributed by atoms with E-state index in [-0.39, 0.29) is 24.8 Å². The first-order chi connectivity index (χ1) is 9.67. The molecule has 0 radical (unpaired) electrons. The minimum absolute atomic E-state index is 0.114. The Balaban J connectivity index is 2.25. The van der Waals surface area contributed by atoms with Crippen LogP contribution in [0.5, 0.6) is 5.75 Å². The van der Waals surface area contributed by atoms with Crippen molar-refractivity contribution in [2.75, 3.05) is 20.3 Å². The molecule has 2 rings (SSSR count). The first-order valence-electron chi connectivity index (χ1n) is 6.13. The van der Waals surface area contributed by atoms with Crippen LogP contribution in [0, 0.1) is 6.92 Å². The average molecular weight is 276 g/mol. The lowest BCUT2D eigenvalue weighted by atomic mass is 10.2. The lowest BCUT2D eigenvalue weighted by molar-refractivity contribution is 0.0939. The number of aliphatic hydroxyl groups excluding tert-OH is 1. The van der Waals surface area contributed by atoms with Crippen molar-refractivity contribution in [1.82, 2.24) is 20.3 Å². The van der Waals surface area contributed by atoms with Crippen LogP contribution in [-0.2, 0) is 0 Å². The van der Waals surface area contributed by atoms with Gasteiger partial charge in [0.05, 0.1) is 25.1 Å². The lowest BCUT2D eigenvalue weighted by Crippen LogP contribution is -2.27. The van der Waals surface area contributed by atoms with Crippen molar-refractivity contribution in [3.63, 3.8) is 0 Å². The third-order valence-electron chi connectivity index (χ3n) is 2.82. The van der Waals surface area contributed by atoms with Gasteiger partial charge in [-0.3, -0.25) is 4.79 Å². The van der Waals surface area contributed by atoms with Gasteiger partial charge >= 0.3 is 0 Å². The van der Waals surface area contributed by atoms with Crippen LogP contribution in [0.25, 0.3) is 5.69 Å². The van der Waals surface area contributed by atoms with E-state index in [0.717, 1.165) is 11.4 Å². The molecule has 0 atom stereocenters. The normalized spacial score (nSPS) is 10.3. The highest BCUT2D eigenvalue weighted by Crippen LogP contribution is 2.16. The number of benzene rings is 1. The quantitative estimate of drug-likeness (QED) is 0.820. The summed E-state index contributed by atoms with van der Waals surface area (Å²) >= 11 is 0. The number of hydrogen-bond acceptors (Lipinski definition) is 5. The zero-order chi connectivity index (χ0) is 14.5. The topological polar surface area (TPSA) is 89.3 Å². The maximum Gasteiger partial charge on any atom is 0.273 e. The number of nitrogens with zero attached hydrogens (tertiary/aromatic N) is 3. The summed E-state index contributed by atoms with van der Waals surface area (Å²) in [5.74, 6) is 0.392. The number of carbonyl (C=O) groups is 1. The molecule has 20 heavy (non-hydrogen) atoms.